The monoisotopic (exact) mass is 527 g/mol. The van der Waals surface area contributed by atoms with Crippen molar-refractivity contribution in [2.24, 2.45) is 0 Å². The van der Waals surface area contributed by atoms with Crippen molar-refractivity contribution in [2.45, 2.75) is 0 Å². The zero-order valence-electron chi connectivity index (χ0n) is 22.4. The summed E-state index contributed by atoms with van der Waals surface area (Å²) < 4.78 is 10.9. The van der Waals surface area contributed by atoms with Crippen molar-refractivity contribution >= 4 is 40.1 Å². The fraction of sp³-hybridized carbons (Fsp3) is 0.267. The maximum atomic E-state index is 13.3. The molecule has 2 aliphatic rings. The van der Waals surface area contributed by atoms with Gasteiger partial charge in [-0.25, -0.2) is 0 Å². The van der Waals surface area contributed by atoms with Crippen LogP contribution >= 0.6 is 0 Å². The summed E-state index contributed by atoms with van der Waals surface area (Å²) in [5.74, 6) is 0.906. The van der Waals surface area contributed by atoms with Crippen molar-refractivity contribution in [1.82, 2.24) is 10.2 Å². The van der Waals surface area contributed by atoms with E-state index < -0.39 is 0 Å². The first-order chi connectivity index (χ1) is 19.0. The van der Waals surface area contributed by atoms with Crippen LogP contribution < -0.4 is 30.3 Å². The molecule has 39 heavy (non-hydrogen) atoms. The SMILES string of the molecule is COc1cc2c(cc1OC)/C(=C(/Nc1ccc(N(C)C(=O)CN3CCNCC3)cc1)c1ccccc1)C(=O)N2. The molecule has 0 aromatic heterocycles. The lowest BCUT2D eigenvalue weighted by atomic mass is 9.99. The van der Waals surface area contributed by atoms with Gasteiger partial charge < -0.3 is 30.3 Å². The molecule has 0 unspecified atom stereocenters. The van der Waals surface area contributed by atoms with Crippen molar-refractivity contribution < 1.29 is 19.1 Å². The average Bonchev–Trinajstić information content (AvgIpc) is 3.30. The molecular formula is C30H33N5O4. The number of carbonyl (C=O) groups is 2. The van der Waals surface area contributed by atoms with Crippen LogP contribution in [0.1, 0.15) is 11.1 Å². The molecule has 3 aromatic rings. The summed E-state index contributed by atoms with van der Waals surface area (Å²) in [6.07, 6.45) is 0. The second-order valence-corrected chi connectivity index (χ2v) is 9.47. The minimum atomic E-state index is -0.221. The molecule has 2 amide bonds. The maximum Gasteiger partial charge on any atom is 0.258 e. The Morgan fingerprint density at radius 1 is 0.974 bits per heavy atom. The molecule has 202 valence electrons. The Bertz CT molecular complexity index is 1380. The van der Waals surface area contributed by atoms with Crippen molar-refractivity contribution in [3.63, 3.8) is 0 Å². The van der Waals surface area contributed by atoms with E-state index in [1.807, 2.05) is 60.7 Å². The van der Waals surface area contributed by atoms with Crippen LogP contribution in [0.15, 0.2) is 66.7 Å². The number of carbonyl (C=O) groups excluding carboxylic acids is 2. The summed E-state index contributed by atoms with van der Waals surface area (Å²) in [6, 6.07) is 20.9. The summed E-state index contributed by atoms with van der Waals surface area (Å²) in [6.45, 7) is 3.94. The number of nitrogens with one attached hydrogen (secondary N) is 3. The van der Waals surface area contributed by atoms with Gasteiger partial charge in [-0.15, -0.1) is 0 Å². The van der Waals surface area contributed by atoms with Gasteiger partial charge in [0.15, 0.2) is 11.5 Å². The van der Waals surface area contributed by atoms with E-state index >= 15 is 0 Å². The molecule has 3 aromatic carbocycles. The Morgan fingerprint density at radius 3 is 2.31 bits per heavy atom. The van der Waals surface area contributed by atoms with Crippen LogP contribution in [0.4, 0.5) is 17.1 Å². The zero-order valence-corrected chi connectivity index (χ0v) is 22.4. The number of rotatable bonds is 8. The third-order valence-electron chi connectivity index (χ3n) is 7.05. The third-order valence-corrected chi connectivity index (χ3v) is 7.05. The van der Waals surface area contributed by atoms with Gasteiger partial charge in [-0.3, -0.25) is 14.5 Å². The van der Waals surface area contributed by atoms with Crippen LogP contribution in [0.5, 0.6) is 11.5 Å². The highest BCUT2D eigenvalue weighted by atomic mass is 16.5. The van der Waals surface area contributed by atoms with Gasteiger partial charge in [0.2, 0.25) is 5.91 Å². The number of methoxy groups -OCH3 is 2. The van der Waals surface area contributed by atoms with Crippen LogP contribution in [0, 0.1) is 0 Å². The van der Waals surface area contributed by atoms with Crippen LogP contribution in [0.3, 0.4) is 0 Å². The number of amides is 2. The summed E-state index contributed by atoms with van der Waals surface area (Å²) in [7, 11) is 4.93. The first-order valence-electron chi connectivity index (χ1n) is 12.9. The van der Waals surface area contributed by atoms with Gasteiger partial charge in [-0.2, -0.15) is 0 Å². The van der Waals surface area contributed by atoms with Gasteiger partial charge in [-0.1, -0.05) is 30.3 Å². The van der Waals surface area contributed by atoms with Gasteiger partial charge in [0.1, 0.15) is 0 Å². The summed E-state index contributed by atoms with van der Waals surface area (Å²) in [5.41, 5.74) is 4.99. The van der Waals surface area contributed by atoms with E-state index in [0.717, 1.165) is 48.7 Å². The largest absolute Gasteiger partial charge is 0.493 e. The topological polar surface area (TPSA) is 95.2 Å². The molecule has 0 radical (unpaired) electrons. The predicted molar refractivity (Wildman–Crippen MR) is 154 cm³/mol. The molecule has 9 heteroatoms. The number of piperazine rings is 1. The van der Waals surface area contributed by atoms with Gasteiger partial charge in [0.25, 0.3) is 5.91 Å². The van der Waals surface area contributed by atoms with Crippen LogP contribution in [-0.2, 0) is 9.59 Å². The lowest BCUT2D eigenvalue weighted by Crippen LogP contribution is -2.47. The molecule has 1 fully saturated rings. The average molecular weight is 528 g/mol. The van der Waals surface area contributed by atoms with Crippen LogP contribution in [0.2, 0.25) is 0 Å². The minimum Gasteiger partial charge on any atom is -0.493 e. The van der Waals surface area contributed by atoms with E-state index in [-0.39, 0.29) is 11.8 Å². The standard InChI is InChI=1S/C30H33N5O4/c1-34(27(36)19-35-15-13-31-14-16-35)22-11-9-21(10-12-22)32-29(20-7-5-4-6-8-20)28-23-17-25(38-2)26(39-3)18-24(23)33-30(28)37/h4-12,17-18,31-32H,13-16,19H2,1-3H3,(H,33,37)/b29-28-. The molecule has 0 aliphatic carbocycles. The van der Waals surface area contributed by atoms with Crippen LogP contribution in [-0.4, -0.2) is 70.7 Å². The van der Waals surface area contributed by atoms with E-state index in [0.29, 0.717) is 35.0 Å². The molecule has 3 N–H and O–H groups in total. The molecule has 5 rings (SSSR count). The zero-order chi connectivity index (χ0) is 27.4. The Hall–Kier alpha value is -4.34. The predicted octanol–water partition coefficient (Wildman–Crippen LogP) is 3.50. The molecule has 0 spiro atoms. The Labute approximate surface area is 228 Å². The van der Waals surface area contributed by atoms with Crippen molar-refractivity contribution in [1.29, 1.82) is 0 Å². The second kappa shape index (κ2) is 11.6. The van der Waals surface area contributed by atoms with Crippen molar-refractivity contribution in [3.8, 4) is 11.5 Å². The van der Waals surface area contributed by atoms with E-state index in [1.165, 1.54) is 0 Å². The lowest BCUT2D eigenvalue weighted by Gasteiger charge is -2.28. The maximum absolute atomic E-state index is 13.3. The van der Waals surface area contributed by atoms with E-state index in [1.54, 1.807) is 32.2 Å². The molecule has 0 bridgehead atoms. The van der Waals surface area contributed by atoms with Gasteiger partial charge in [0.05, 0.1) is 37.7 Å². The van der Waals surface area contributed by atoms with Crippen LogP contribution in [0.25, 0.3) is 11.3 Å². The Morgan fingerprint density at radius 2 is 1.64 bits per heavy atom. The molecular weight excluding hydrogens is 494 g/mol. The van der Waals surface area contributed by atoms with Gasteiger partial charge in [-0.05, 0) is 35.9 Å². The number of likely N-dealkylation sites (N-methyl/N-ethyl adjacent to an activating group) is 1. The highest BCUT2D eigenvalue weighted by Crippen LogP contribution is 2.43. The fourth-order valence-corrected chi connectivity index (χ4v) is 4.85. The molecule has 2 aliphatic heterocycles. The second-order valence-electron chi connectivity index (χ2n) is 9.47. The molecule has 0 saturated carbocycles. The van der Waals surface area contributed by atoms with Gasteiger partial charge >= 0.3 is 0 Å². The number of hydrogen-bond acceptors (Lipinski definition) is 7. The van der Waals surface area contributed by atoms with E-state index in [4.69, 9.17) is 9.47 Å². The number of ether oxygens (including phenoxy) is 2. The quantitative estimate of drug-likeness (QED) is 0.386. The summed E-state index contributed by atoms with van der Waals surface area (Å²) >= 11 is 0. The Kier molecular flexibility index (Phi) is 7.81. The van der Waals surface area contributed by atoms with E-state index in [2.05, 4.69) is 20.9 Å². The summed E-state index contributed by atoms with van der Waals surface area (Å²) in [5, 5.41) is 9.73. The highest BCUT2D eigenvalue weighted by molar-refractivity contribution is 6.37. The number of fused-ring (bicyclic) bond motifs is 1. The number of anilines is 3. The summed E-state index contributed by atoms with van der Waals surface area (Å²) in [4.78, 5) is 30.0. The highest BCUT2D eigenvalue weighted by Gasteiger charge is 2.30. The Balaban J connectivity index is 1.44. The smallest absolute Gasteiger partial charge is 0.258 e. The minimum absolute atomic E-state index is 0.0494. The molecule has 2 heterocycles. The molecule has 1 saturated heterocycles. The number of nitrogens with zero attached hydrogens (tertiary/aromatic N) is 2. The molecule has 0 atom stereocenters. The van der Waals surface area contributed by atoms with Crippen molar-refractivity contribution in [3.05, 3.63) is 77.9 Å². The first kappa shape index (κ1) is 26.3. The van der Waals surface area contributed by atoms with Gasteiger partial charge in [0, 0.05) is 56.2 Å². The van der Waals surface area contributed by atoms with E-state index in [9.17, 15) is 9.59 Å². The normalized spacial score (nSPS) is 16.2. The number of hydrogen-bond donors (Lipinski definition) is 3. The lowest BCUT2D eigenvalue weighted by molar-refractivity contribution is -0.119. The number of benzene rings is 3. The third kappa shape index (κ3) is 5.59. The fourth-order valence-electron chi connectivity index (χ4n) is 4.85. The first-order valence-corrected chi connectivity index (χ1v) is 12.9. The molecule has 9 nitrogen and oxygen atoms in total. The van der Waals surface area contributed by atoms with Crippen molar-refractivity contribution in [2.75, 3.05) is 69.5 Å².